The molecule has 20 heavy (non-hydrogen) atoms. The van der Waals surface area contributed by atoms with Gasteiger partial charge in [0.1, 0.15) is 0 Å². The van der Waals surface area contributed by atoms with Crippen LogP contribution in [0.15, 0.2) is 18.2 Å². The maximum atomic E-state index is 12.6. The summed E-state index contributed by atoms with van der Waals surface area (Å²) in [5.41, 5.74) is 7.82. The van der Waals surface area contributed by atoms with Gasteiger partial charge in [0.2, 0.25) is 0 Å². The fourth-order valence-electron chi connectivity index (χ4n) is 2.74. The number of nitrogen functional groups attached to an aromatic ring is 1. The quantitative estimate of drug-likeness (QED) is 0.808. The third kappa shape index (κ3) is 2.61. The van der Waals surface area contributed by atoms with Crippen LogP contribution >= 0.6 is 0 Å². The van der Waals surface area contributed by atoms with Crippen molar-refractivity contribution in [3.63, 3.8) is 0 Å². The summed E-state index contributed by atoms with van der Waals surface area (Å²) < 4.78 is 0. The van der Waals surface area contributed by atoms with E-state index in [0.717, 1.165) is 5.56 Å². The molecule has 1 fully saturated rings. The number of rotatable bonds is 2. The van der Waals surface area contributed by atoms with Gasteiger partial charge in [-0.3, -0.25) is 9.59 Å². The zero-order valence-electron chi connectivity index (χ0n) is 11.8. The first kappa shape index (κ1) is 14.4. The molecule has 1 saturated heterocycles. The SMILES string of the molecule is Cc1c(N)cccc1C(=O)N1CCC(C(=O)O)CC1C. The second-order valence-electron chi connectivity index (χ2n) is 5.43. The third-order valence-electron chi connectivity index (χ3n) is 4.09. The van der Waals surface area contributed by atoms with Crippen molar-refractivity contribution in [3.05, 3.63) is 29.3 Å². The second kappa shape index (κ2) is 5.53. The lowest BCUT2D eigenvalue weighted by Crippen LogP contribution is -2.46. The largest absolute Gasteiger partial charge is 0.481 e. The number of carbonyl (C=O) groups is 2. The summed E-state index contributed by atoms with van der Waals surface area (Å²) in [6.07, 6.45) is 1.01. The van der Waals surface area contributed by atoms with Crippen molar-refractivity contribution in [2.45, 2.75) is 32.7 Å². The van der Waals surface area contributed by atoms with E-state index in [4.69, 9.17) is 10.8 Å². The Labute approximate surface area is 118 Å². The average Bonchev–Trinajstić information content (AvgIpc) is 2.41. The monoisotopic (exact) mass is 276 g/mol. The third-order valence-corrected chi connectivity index (χ3v) is 4.09. The molecule has 1 amide bonds. The van der Waals surface area contributed by atoms with Gasteiger partial charge >= 0.3 is 5.97 Å². The molecule has 2 rings (SSSR count). The van der Waals surface area contributed by atoms with Crippen molar-refractivity contribution < 1.29 is 14.7 Å². The van der Waals surface area contributed by atoms with Crippen molar-refractivity contribution >= 4 is 17.6 Å². The van der Waals surface area contributed by atoms with E-state index in [9.17, 15) is 9.59 Å². The number of carboxylic acid groups (broad SMARTS) is 1. The zero-order valence-corrected chi connectivity index (χ0v) is 11.8. The Morgan fingerprint density at radius 1 is 1.40 bits per heavy atom. The maximum Gasteiger partial charge on any atom is 0.306 e. The van der Waals surface area contributed by atoms with E-state index < -0.39 is 5.97 Å². The van der Waals surface area contributed by atoms with Gasteiger partial charge in [-0.25, -0.2) is 0 Å². The minimum absolute atomic E-state index is 0.0638. The minimum Gasteiger partial charge on any atom is -0.481 e. The van der Waals surface area contributed by atoms with E-state index in [1.54, 1.807) is 23.1 Å². The van der Waals surface area contributed by atoms with Gasteiger partial charge < -0.3 is 15.7 Å². The minimum atomic E-state index is -0.774. The fourth-order valence-corrected chi connectivity index (χ4v) is 2.74. The molecule has 0 radical (unpaired) electrons. The Bertz CT molecular complexity index is 542. The van der Waals surface area contributed by atoms with E-state index in [0.29, 0.717) is 30.6 Å². The number of anilines is 1. The first-order valence-corrected chi connectivity index (χ1v) is 6.80. The van der Waals surface area contributed by atoms with Crippen molar-refractivity contribution in [1.29, 1.82) is 0 Å². The van der Waals surface area contributed by atoms with Gasteiger partial charge in [0.05, 0.1) is 5.92 Å². The van der Waals surface area contributed by atoms with Crippen LogP contribution in [0.1, 0.15) is 35.7 Å². The number of hydrogen-bond acceptors (Lipinski definition) is 3. The van der Waals surface area contributed by atoms with E-state index >= 15 is 0 Å². The highest BCUT2D eigenvalue weighted by molar-refractivity contribution is 5.97. The topological polar surface area (TPSA) is 83.6 Å². The fraction of sp³-hybridized carbons (Fsp3) is 0.467. The lowest BCUT2D eigenvalue weighted by atomic mass is 9.91. The highest BCUT2D eigenvalue weighted by Crippen LogP contribution is 2.26. The van der Waals surface area contributed by atoms with Crippen LogP contribution in [0.3, 0.4) is 0 Å². The molecule has 3 N–H and O–H groups in total. The van der Waals surface area contributed by atoms with E-state index in [1.165, 1.54) is 0 Å². The van der Waals surface area contributed by atoms with Gasteiger partial charge in [-0.05, 0) is 44.4 Å². The Hall–Kier alpha value is -2.04. The number of nitrogens with two attached hydrogens (primary N) is 1. The van der Waals surface area contributed by atoms with Crippen molar-refractivity contribution in [2.75, 3.05) is 12.3 Å². The van der Waals surface area contributed by atoms with Gasteiger partial charge in [0, 0.05) is 23.8 Å². The van der Waals surface area contributed by atoms with E-state index in [-0.39, 0.29) is 17.9 Å². The molecular formula is C15H20N2O3. The maximum absolute atomic E-state index is 12.6. The van der Waals surface area contributed by atoms with Gasteiger partial charge in [-0.1, -0.05) is 6.07 Å². The number of benzene rings is 1. The Morgan fingerprint density at radius 3 is 2.70 bits per heavy atom. The molecule has 1 aliphatic rings. The highest BCUT2D eigenvalue weighted by Gasteiger charge is 2.33. The summed E-state index contributed by atoms with van der Waals surface area (Å²) in [7, 11) is 0. The molecule has 0 aliphatic carbocycles. The van der Waals surface area contributed by atoms with Crippen molar-refractivity contribution in [3.8, 4) is 0 Å². The molecule has 0 saturated carbocycles. The number of piperidine rings is 1. The van der Waals surface area contributed by atoms with Crippen LogP contribution in [-0.2, 0) is 4.79 Å². The first-order chi connectivity index (χ1) is 9.41. The molecule has 0 spiro atoms. The number of aliphatic carboxylic acids is 1. The first-order valence-electron chi connectivity index (χ1n) is 6.80. The second-order valence-corrected chi connectivity index (χ2v) is 5.43. The van der Waals surface area contributed by atoms with E-state index in [2.05, 4.69) is 0 Å². The molecule has 1 aliphatic heterocycles. The average molecular weight is 276 g/mol. The van der Waals surface area contributed by atoms with Crippen LogP contribution in [0.4, 0.5) is 5.69 Å². The van der Waals surface area contributed by atoms with Crippen molar-refractivity contribution in [1.82, 2.24) is 4.90 Å². The van der Waals surface area contributed by atoms with Crippen LogP contribution in [-0.4, -0.2) is 34.5 Å². The molecule has 1 aromatic rings. The Morgan fingerprint density at radius 2 is 2.10 bits per heavy atom. The molecule has 0 aromatic heterocycles. The molecule has 2 atom stereocenters. The van der Waals surface area contributed by atoms with Crippen LogP contribution in [0.2, 0.25) is 0 Å². The molecule has 2 unspecified atom stereocenters. The van der Waals surface area contributed by atoms with Gasteiger partial charge in [-0.15, -0.1) is 0 Å². The van der Waals surface area contributed by atoms with Crippen LogP contribution in [0, 0.1) is 12.8 Å². The normalized spacial score (nSPS) is 22.6. The van der Waals surface area contributed by atoms with Gasteiger partial charge in [0.15, 0.2) is 0 Å². The smallest absolute Gasteiger partial charge is 0.306 e. The number of carboxylic acids is 1. The lowest BCUT2D eigenvalue weighted by Gasteiger charge is -2.36. The predicted octanol–water partition coefficient (Wildman–Crippen LogP) is 1.90. The summed E-state index contributed by atoms with van der Waals surface area (Å²) in [5.74, 6) is -1.19. The van der Waals surface area contributed by atoms with Gasteiger partial charge in [-0.2, -0.15) is 0 Å². The van der Waals surface area contributed by atoms with Crippen LogP contribution < -0.4 is 5.73 Å². The summed E-state index contributed by atoms with van der Waals surface area (Å²) in [6.45, 7) is 4.21. The molecule has 108 valence electrons. The number of carbonyl (C=O) groups excluding carboxylic acids is 1. The summed E-state index contributed by atoms with van der Waals surface area (Å²) in [4.78, 5) is 25.4. The molecule has 5 nitrogen and oxygen atoms in total. The Kier molecular flexibility index (Phi) is 3.97. The summed E-state index contributed by atoms with van der Waals surface area (Å²) in [5, 5.41) is 9.06. The Balaban J connectivity index is 2.18. The number of likely N-dealkylation sites (tertiary alicyclic amines) is 1. The number of hydrogen-bond donors (Lipinski definition) is 2. The van der Waals surface area contributed by atoms with Crippen molar-refractivity contribution in [2.24, 2.45) is 5.92 Å². The molecule has 1 heterocycles. The predicted molar refractivity (Wildman–Crippen MR) is 76.4 cm³/mol. The van der Waals surface area contributed by atoms with Gasteiger partial charge in [0.25, 0.3) is 5.91 Å². The lowest BCUT2D eigenvalue weighted by molar-refractivity contribution is -0.143. The number of nitrogens with zero attached hydrogens (tertiary/aromatic N) is 1. The summed E-state index contributed by atoms with van der Waals surface area (Å²) in [6, 6.07) is 5.23. The summed E-state index contributed by atoms with van der Waals surface area (Å²) >= 11 is 0. The molecule has 0 bridgehead atoms. The van der Waals surface area contributed by atoms with E-state index in [1.807, 2.05) is 13.8 Å². The molecular weight excluding hydrogens is 256 g/mol. The number of amides is 1. The van der Waals surface area contributed by atoms with Crippen LogP contribution in [0.5, 0.6) is 0 Å². The van der Waals surface area contributed by atoms with Crippen LogP contribution in [0.25, 0.3) is 0 Å². The highest BCUT2D eigenvalue weighted by atomic mass is 16.4. The standard InChI is InChI=1S/C15H20N2O3/c1-9-8-11(15(19)20)6-7-17(9)14(18)12-4-3-5-13(16)10(12)2/h3-5,9,11H,6-8,16H2,1-2H3,(H,19,20). The zero-order chi connectivity index (χ0) is 14.9. The molecule has 1 aromatic carbocycles. The molecule has 5 heteroatoms.